The molecule has 1 aliphatic carbocycles. The summed E-state index contributed by atoms with van der Waals surface area (Å²) in [5, 5.41) is 8.73. The van der Waals surface area contributed by atoms with E-state index in [2.05, 4.69) is 0 Å². The van der Waals surface area contributed by atoms with Gasteiger partial charge in [-0.1, -0.05) is 12.8 Å². The molecule has 36 valence electrons. The molecule has 0 amide bonds. The molecule has 1 N–H and O–H groups in total. The van der Waals surface area contributed by atoms with E-state index in [-0.39, 0.29) is 57.5 Å². The van der Waals surface area contributed by atoms with Crippen LogP contribution in [0, 0.1) is 0 Å². The van der Waals surface area contributed by atoms with Crippen molar-refractivity contribution in [1.29, 1.82) is 0 Å². The Balaban J connectivity index is 0.000000360. The first kappa shape index (κ1) is 8.60. The van der Waals surface area contributed by atoms with Crippen LogP contribution in [0.4, 0.5) is 0 Å². The minimum absolute atomic E-state index is 0. The Morgan fingerprint density at radius 2 is 1.57 bits per heavy atom. The van der Waals surface area contributed by atoms with Gasteiger partial charge in [-0.15, -0.1) is 0 Å². The topological polar surface area (TPSA) is 20.2 Å². The first-order chi connectivity index (χ1) is 2.89. The van der Waals surface area contributed by atoms with E-state index in [4.69, 9.17) is 5.11 Å². The van der Waals surface area contributed by atoms with Gasteiger partial charge in [-0.2, -0.15) is 0 Å². The average Bonchev–Trinajstić information content (AvgIpc) is 1.86. The van der Waals surface area contributed by atoms with E-state index in [0.29, 0.717) is 0 Å². The van der Waals surface area contributed by atoms with Crippen LogP contribution in [0.3, 0.4) is 0 Å². The second-order valence-electron chi connectivity index (χ2n) is 1.94. The third-order valence-electron chi connectivity index (χ3n) is 1.32. The number of hydrogen-bond donors (Lipinski definition) is 1. The van der Waals surface area contributed by atoms with Gasteiger partial charge in [0.15, 0.2) is 0 Å². The summed E-state index contributed by atoms with van der Waals surface area (Å²) in [6, 6.07) is 0. The summed E-state index contributed by atoms with van der Waals surface area (Å²) >= 11 is 0. The zero-order valence-corrected chi connectivity index (χ0v) is 7.98. The maximum Gasteiger partial charge on any atom is 1.00 e. The Labute approximate surface area is 86.9 Å². The van der Waals surface area contributed by atoms with Crippen LogP contribution < -0.4 is 51.4 Å². The summed E-state index contributed by atoms with van der Waals surface area (Å²) in [4.78, 5) is 0. The van der Waals surface area contributed by atoms with Gasteiger partial charge in [0.2, 0.25) is 0 Å². The first-order valence-corrected chi connectivity index (χ1v) is 2.57. The van der Waals surface area contributed by atoms with E-state index >= 15 is 0 Å². The molecule has 1 saturated carbocycles. The molecule has 1 rings (SSSR count). The van der Waals surface area contributed by atoms with Gasteiger partial charge in [0.05, 0.1) is 6.10 Å². The molecule has 0 heterocycles. The van der Waals surface area contributed by atoms with Gasteiger partial charge >= 0.3 is 51.4 Å². The van der Waals surface area contributed by atoms with Crippen molar-refractivity contribution >= 4 is 0 Å². The zero-order chi connectivity index (χ0) is 4.41. The minimum Gasteiger partial charge on any atom is -0.393 e. The fourth-order valence-electron chi connectivity index (χ4n) is 0.904. The van der Waals surface area contributed by atoms with Crippen molar-refractivity contribution in [3.05, 3.63) is 0 Å². The quantitative estimate of drug-likeness (QED) is 0.369. The second-order valence-corrected chi connectivity index (χ2v) is 1.94. The molecule has 0 saturated heterocycles. The van der Waals surface area contributed by atoms with Crippen molar-refractivity contribution in [2.75, 3.05) is 0 Å². The standard InChI is InChI=1S/C5H10O.K/c6-5-3-1-2-4-5;/h5-6H,1-4H2;/q;+1. The fraction of sp³-hybridized carbons (Fsp3) is 1.00. The van der Waals surface area contributed by atoms with E-state index in [0.717, 1.165) is 12.8 Å². The van der Waals surface area contributed by atoms with Crippen molar-refractivity contribution in [2.45, 2.75) is 31.8 Å². The summed E-state index contributed by atoms with van der Waals surface area (Å²) in [6.07, 6.45) is 4.60. The largest absolute Gasteiger partial charge is 1.00 e. The van der Waals surface area contributed by atoms with Gasteiger partial charge in [0, 0.05) is 0 Å². The number of aliphatic hydroxyl groups excluding tert-OH is 1. The SMILES string of the molecule is OC1CCCC1.[K+]. The van der Waals surface area contributed by atoms with Crippen LogP contribution >= 0.6 is 0 Å². The molecule has 0 unspecified atom stereocenters. The van der Waals surface area contributed by atoms with Gasteiger partial charge in [-0.05, 0) is 12.8 Å². The summed E-state index contributed by atoms with van der Waals surface area (Å²) in [7, 11) is 0. The normalized spacial score (nSPS) is 21.9. The average molecular weight is 125 g/mol. The van der Waals surface area contributed by atoms with Crippen LogP contribution in [0.2, 0.25) is 0 Å². The van der Waals surface area contributed by atoms with Gasteiger partial charge in [0.25, 0.3) is 0 Å². The molecule has 2 heteroatoms. The van der Waals surface area contributed by atoms with E-state index < -0.39 is 0 Å². The second kappa shape index (κ2) is 4.47. The van der Waals surface area contributed by atoms with E-state index in [1.54, 1.807) is 0 Å². The third kappa shape index (κ3) is 3.22. The van der Waals surface area contributed by atoms with Crippen molar-refractivity contribution in [1.82, 2.24) is 0 Å². The molecule has 0 aliphatic heterocycles. The van der Waals surface area contributed by atoms with Crippen molar-refractivity contribution in [2.24, 2.45) is 0 Å². The van der Waals surface area contributed by atoms with Gasteiger partial charge < -0.3 is 5.11 Å². The van der Waals surface area contributed by atoms with Gasteiger partial charge in [-0.3, -0.25) is 0 Å². The van der Waals surface area contributed by atoms with Crippen LogP contribution in [-0.4, -0.2) is 11.2 Å². The van der Waals surface area contributed by atoms with Crippen molar-refractivity contribution in [3.8, 4) is 0 Å². The summed E-state index contributed by atoms with van der Waals surface area (Å²) in [5.74, 6) is 0. The van der Waals surface area contributed by atoms with Crippen LogP contribution in [0.25, 0.3) is 0 Å². The Hall–Kier alpha value is 1.60. The molecule has 0 aromatic carbocycles. The summed E-state index contributed by atoms with van der Waals surface area (Å²) in [6.45, 7) is 0. The molecule has 0 spiro atoms. The maximum absolute atomic E-state index is 8.73. The van der Waals surface area contributed by atoms with E-state index in [1.807, 2.05) is 0 Å². The molecule has 7 heavy (non-hydrogen) atoms. The zero-order valence-electron chi connectivity index (χ0n) is 4.85. The Kier molecular flexibility index (Phi) is 5.49. The van der Waals surface area contributed by atoms with Crippen LogP contribution in [-0.2, 0) is 0 Å². The molecule has 0 bridgehead atoms. The van der Waals surface area contributed by atoms with Crippen molar-refractivity contribution < 1.29 is 56.5 Å². The molecular formula is C5H10KO+. The number of rotatable bonds is 0. The molecule has 0 aromatic rings. The summed E-state index contributed by atoms with van der Waals surface area (Å²) < 4.78 is 0. The monoisotopic (exact) mass is 125 g/mol. The molecule has 0 aromatic heterocycles. The summed E-state index contributed by atoms with van der Waals surface area (Å²) in [5.41, 5.74) is 0. The number of aliphatic hydroxyl groups is 1. The maximum atomic E-state index is 8.73. The molecular weight excluding hydrogens is 115 g/mol. The minimum atomic E-state index is 0. The number of hydrogen-bond acceptors (Lipinski definition) is 1. The molecule has 1 nitrogen and oxygen atoms in total. The van der Waals surface area contributed by atoms with Gasteiger partial charge in [0.1, 0.15) is 0 Å². The van der Waals surface area contributed by atoms with E-state index in [1.165, 1.54) is 12.8 Å². The van der Waals surface area contributed by atoms with Crippen LogP contribution in [0.5, 0.6) is 0 Å². The predicted octanol–water partition coefficient (Wildman–Crippen LogP) is -2.07. The van der Waals surface area contributed by atoms with Crippen LogP contribution in [0.1, 0.15) is 25.7 Å². The molecule has 1 fully saturated rings. The van der Waals surface area contributed by atoms with E-state index in [9.17, 15) is 0 Å². The van der Waals surface area contributed by atoms with Gasteiger partial charge in [-0.25, -0.2) is 0 Å². The Morgan fingerprint density at radius 1 is 1.14 bits per heavy atom. The van der Waals surface area contributed by atoms with Crippen molar-refractivity contribution in [3.63, 3.8) is 0 Å². The molecule has 0 radical (unpaired) electrons. The Bertz CT molecular complexity index is 41.3. The molecule has 0 atom stereocenters. The molecule has 1 aliphatic rings. The third-order valence-corrected chi connectivity index (χ3v) is 1.32. The predicted molar refractivity (Wildman–Crippen MR) is 24.5 cm³/mol. The fourth-order valence-corrected chi connectivity index (χ4v) is 0.904. The van der Waals surface area contributed by atoms with Crippen LogP contribution in [0.15, 0.2) is 0 Å². The smallest absolute Gasteiger partial charge is 0.393 e. The Morgan fingerprint density at radius 3 is 1.71 bits per heavy atom. The first-order valence-electron chi connectivity index (χ1n) is 2.57.